The van der Waals surface area contributed by atoms with Gasteiger partial charge in [-0.2, -0.15) is 0 Å². The molecule has 0 aliphatic rings. The maximum Gasteiger partial charge on any atom is 1.00 e. The molecule has 0 aliphatic heterocycles. The molecule has 0 spiro atoms. The van der Waals surface area contributed by atoms with Crippen molar-refractivity contribution >= 4 is 7.91 Å². The summed E-state index contributed by atoms with van der Waals surface area (Å²) in [7, 11) is -3.12. The van der Waals surface area contributed by atoms with Gasteiger partial charge in [-0.05, 0) is 0 Å². The molecule has 0 bridgehead atoms. The van der Waals surface area contributed by atoms with Gasteiger partial charge in [0.1, 0.15) is 0 Å². The van der Waals surface area contributed by atoms with Crippen LogP contribution < -0.4 is 59.1 Å². The largest absolute Gasteiger partial charge is 2.00 e. The van der Waals surface area contributed by atoms with Gasteiger partial charge in [0.15, 0.2) is 0 Å². The molecular weight excluding hydrogens is 141 g/mol. The van der Waals surface area contributed by atoms with Gasteiger partial charge in [0, 0.05) is 0 Å². The van der Waals surface area contributed by atoms with Crippen LogP contribution in [-0.4, -0.2) is 4.89 Å². The number of rotatable bonds is 0. The first-order valence-corrected chi connectivity index (χ1v) is 1.70. The van der Waals surface area contributed by atoms with Crippen molar-refractivity contribution in [3.63, 3.8) is 0 Å². The van der Waals surface area contributed by atoms with Crippen LogP contribution in [0.4, 0.5) is 0 Å². The van der Waals surface area contributed by atoms with E-state index in [-0.39, 0.29) is 64.6 Å². The molecule has 0 aromatic carbocycles. The molecule has 0 atom stereocenters. The molecular formula is HNa2O4P. The van der Waals surface area contributed by atoms with Gasteiger partial charge in [-0.3, -0.25) is 4.89 Å². The Morgan fingerprint density at radius 2 is 1.14 bits per heavy atom. The SMILES string of the molecule is O=P(=O)O.[Na+].[Na+].[O-2]. The first kappa shape index (κ1) is 23.2. The third kappa shape index (κ3) is 80.0. The molecule has 1 N–H and O–H groups in total. The second kappa shape index (κ2) is 15.7. The summed E-state index contributed by atoms with van der Waals surface area (Å²) in [5.41, 5.74) is 0. The molecule has 0 radical (unpaired) electrons. The molecule has 0 rings (SSSR count). The summed E-state index contributed by atoms with van der Waals surface area (Å²) < 4.78 is 17.2. The average molecular weight is 142 g/mol. The normalized spacial score (nSPS) is 3.57. The Morgan fingerprint density at radius 3 is 1.14 bits per heavy atom. The first-order valence-electron chi connectivity index (χ1n) is 0.565. The Kier molecular flexibility index (Phi) is 51.9. The maximum atomic E-state index is 8.59. The Hall–Kier alpha value is 1.82. The van der Waals surface area contributed by atoms with E-state index in [0.29, 0.717) is 0 Å². The van der Waals surface area contributed by atoms with Crippen LogP contribution in [0.15, 0.2) is 0 Å². The number of hydrogen-bond donors (Lipinski definition) is 1. The monoisotopic (exact) mass is 142 g/mol. The minimum atomic E-state index is -3.12. The maximum absolute atomic E-state index is 8.59. The van der Waals surface area contributed by atoms with Gasteiger partial charge in [0.2, 0.25) is 0 Å². The van der Waals surface area contributed by atoms with E-state index in [9.17, 15) is 0 Å². The molecule has 0 aliphatic carbocycles. The Balaban J connectivity index is -0.0000000150. The van der Waals surface area contributed by atoms with Crippen molar-refractivity contribution < 1.29 is 78.6 Å². The summed E-state index contributed by atoms with van der Waals surface area (Å²) in [4.78, 5) is 7.01. The van der Waals surface area contributed by atoms with Crippen molar-refractivity contribution in [3.8, 4) is 0 Å². The molecule has 7 heavy (non-hydrogen) atoms. The number of hydrogen-bond acceptors (Lipinski definition) is 2. The molecule has 0 fully saturated rings. The van der Waals surface area contributed by atoms with Crippen molar-refractivity contribution in [1.82, 2.24) is 0 Å². The minimum Gasteiger partial charge on any atom is -2.00 e. The van der Waals surface area contributed by atoms with Crippen molar-refractivity contribution in [2.45, 2.75) is 0 Å². The Morgan fingerprint density at radius 1 is 1.14 bits per heavy atom. The summed E-state index contributed by atoms with van der Waals surface area (Å²) in [5.74, 6) is 0. The van der Waals surface area contributed by atoms with E-state index in [1.807, 2.05) is 0 Å². The molecule has 0 aromatic heterocycles. The molecule has 0 aromatic rings. The van der Waals surface area contributed by atoms with Gasteiger partial charge in [-0.15, -0.1) is 0 Å². The van der Waals surface area contributed by atoms with Gasteiger partial charge in [0.05, 0.1) is 0 Å². The fourth-order valence-corrected chi connectivity index (χ4v) is 0. The predicted molar refractivity (Wildman–Crippen MR) is 11.2 cm³/mol. The van der Waals surface area contributed by atoms with Crippen LogP contribution in [0.1, 0.15) is 0 Å². The topological polar surface area (TPSA) is 82.9 Å². The quantitative estimate of drug-likeness (QED) is 0.270. The van der Waals surface area contributed by atoms with Crippen LogP contribution in [-0.2, 0) is 14.6 Å². The van der Waals surface area contributed by atoms with Crippen LogP contribution in [0.5, 0.6) is 0 Å². The fraction of sp³-hybridized carbons (Fsp3) is 0. The van der Waals surface area contributed by atoms with Crippen LogP contribution in [0.2, 0.25) is 0 Å². The molecule has 32 valence electrons. The smallest absolute Gasteiger partial charge is 1.00 e. The van der Waals surface area contributed by atoms with Crippen molar-refractivity contribution in [2.24, 2.45) is 0 Å². The third-order valence-corrected chi connectivity index (χ3v) is 0. The van der Waals surface area contributed by atoms with E-state index in [1.165, 1.54) is 0 Å². The van der Waals surface area contributed by atoms with E-state index in [0.717, 1.165) is 0 Å². The molecule has 4 nitrogen and oxygen atoms in total. The van der Waals surface area contributed by atoms with E-state index in [2.05, 4.69) is 0 Å². The Bertz CT molecular complexity index is 58.1. The second-order valence-electron chi connectivity index (χ2n) is 0.238. The van der Waals surface area contributed by atoms with Gasteiger partial charge in [0.25, 0.3) is 0 Å². The third-order valence-electron chi connectivity index (χ3n) is 0. The van der Waals surface area contributed by atoms with Gasteiger partial charge >= 0.3 is 67.0 Å². The summed E-state index contributed by atoms with van der Waals surface area (Å²) in [5, 5.41) is 0. The Labute approximate surface area is 85.5 Å². The molecule has 7 heteroatoms. The molecule has 0 heterocycles. The zero-order chi connectivity index (χ0) is 3.58. The van der Waals surface area contributed by atoms with Gasteiger partial charge in [-0.1, -0.05) is 0 Å². The summed E-state index contributed by atoms with van der Waals surface area (Å²) in [6.07, 6.45) is 0. The second-order valence-corrected chi connectivity index (χ2v) is 0.714. The average Bonchev–Trinajstić information content (AvgIpc) is 0.811. The minimum absolute atomic E-state index is 0. The summed E-state index contributed by atoms with van der Waals surface area (Å²) >= 11 is 0. The van der Waals surface area contributed by atoms with Gasteiger partial charge in [-0.25, -0.2) is 9.13 Å². The van der Waals surface area contributed by atoms with Crippen LogP contribution >= 0.6 is 7.91 Å². The first-order chi connectivity index (χ1) is 1.73. The summed E-state index contributed by atoms with van der Waals surface area (Å²) in [6.45, 7) is 0. The molecule has 0 unspecified atom stereocenters. The standard InChI is InChI=1S/2Na.HO3P.O/c;;1-4(2)3;/h;;(H,1,2,3);/q2*+1;;-2. The molecule has 0 saturated carbocycles. The van der Waals surface area contributed by atoms with E-state index < -0.39 is 7.91 Å². The van der Waals surface area contributed by atoms with Gasteiger partial charge < -0.3 is 5.48 Å². The predicted octanol–water partition coefficient (Wildman–Crippen LogP) is -6.04. The fourth-order valence-electron chi connectivity index (χ4n) is 0. The summed E-state index contributed by atoms with van der Waals surface area (Å²) in [6, 6.07) is 0. The van der Waals surface area contributed by atoms with E-state index in [4.69, 9.17) is 14.0 Å². The zero-order valence-electron chi connectivity index (χ0n) is 4.12. The van der Waals surface area contributed by atoms with Crippen LogP contribution in [0, 0.1) is 0 Å². The molecule has 0 amide bonds. The molecule has 0 saturated heterocycles. The van der Waals surface area contributed by atoms with Crippen LogP contribution in [0.25, 0.3) is 0 Å². The zero-order valence-corrected chi connectivity index (χ0v) is 9.01. The van der Waals surface area contributed by atoms with Crippen molar-refractivity contribution in [2.75, 3.05) is 0 Å². The van der Waals surface area contributed by atoms with E-state index >= 15 is 0 Å². The van der Waals surface area contributed by atoms with Crippen molar-refractivity contribution in [1.29, 1.82) is 0 Å². The van der Waals surface area contributed by atoms with Crippen molar-refractivity contribution in [3.05, 3.63) is 0 Å². The van der Waals surface area contributed by atoms with E-state index in [1.54, 1.807) is 0 Å². The van der Waals surface area contributed by atoms with Crippen LogP contribution in [0.3, 0.4) is 0 Å².